The van der Waals surface area contributed by atoms with Gasteiger partial charge in [0, 0.05) is 36.8 Å². The number of hydrogen-bond acceptors (Lipinski definition) is 4. The van der Waals surface area contributed by atoms with Crippen molar-refractivity contribution >= 4 is 10.9 Å². The average Bonchev–Trinajstić information content (AvgIpc) is 2.70. The SMILES string of the molecule is Cc1cc(C)c2[nH]c(CN3CCC[C@](O)(CN(C)C)CC3)cc(=O)c2c1. The lowest BCUT2D eigenvalue weighted by molar-refractivity contribution is 0.00255. The smallest absolute Gasteiger partial charge is 0.189 e. The molecule has 0 amide bonds. The summed E-state index contributed by atoms with van der Waals surface area (Å²) in [5.41, 5.74) is 3.59. The van der Waals surface area contributed by atoms with Crippen LogP contribution in [0.3, 0.4) is 0 Å². The maximum absolute atomic E-state index is 12.6. The van der Waals surface area contributed by atoms with Crippen molar-refractivity contribution in [2.24, 2.45) is 0 Å². The Kier molecular flexibility index (Phi) is 5.51. The summed E-state index contributed by atoms with van der Waals surface area (Å²) in [6, 6.07) is 5.80. The number of aryl methyl sites for hydroxylation is 2. The fourth-order valence-electron chi connectivity index (χ4n) is 4.23. The maximum atomic E-state index is 12.6. The Bertz CT molecular complexity index is 843. The van der Waals surface area contributed by atoms with Gasteiger partial charge in [0.15, 0.2) is 5.43 Å². The Morgan fingerprint density at radius 3 is 2.69 bits per heavy atom. The highest BCUT2D eigenvalue weighted by Crippen LogP contribution is 2.24. The Balaban J connectivity index is 1.78. The first kappa shape index (κ1) is 19.1. The maximum Gasteiger partial charge on any atom is 0.189 e. The van der Waals surface area contributed by atoms with Gasteiger partial charge in [-0.15, -0.1) is 0 Å². The van der Waals surface area contributed by atoms with Crippen LogP contribution in [0.5, 0.6) is 0 Å². The summed E-state index contributed by atoms with van der Waals surface area (Å²) in [6.45, 7) is 7.27. The van der Waals surface area contributed by atoms with E-state index in [1.165, 1.54) is 0 Å². The van der Waals surface area contributed by atoms with Crippen molar-refractivity contribution in [3.05, 3.63) is 45.2 Å². The number of rotatable bonds is 4. The second-order valence-corrected chi connectivity index (χ2v) is 8.26. The number of aliphatic hydroxyl groups is 1. The van der Waals surface area contributed by atoms with Gasteiger partial charge >= 0.3 is 0 Å². The van der Waals surface area contributed by atoms with Crippen LogP contribution in [-0.4, -0.2) is 59.2 Å². The molecule has 0 radical (unpaired) electrons. The number of nitrogens with one attached hydrogen (secondary N) is 1. The van der Waals surface area contributed by atoms with Gasteiger partial charge in [0.2, 0.25) is 0 Å². The molecule has 0 bridgehead atoms. The minimum Gasteiger partial charge on any atom is -0.389 e. The van der Waals surface area contributed by atoms with Crippen molar-refractivity contribution in [3.63, 3.8) is 0 Å². The first-order valence-corrected chi connectivity index (χ1v) is 9.48. The normalized spacial score (nSPS) is 22.1. The topological polar surface area (TPSA) is 59.6 Å². The van der Waals surface area contributed by atoms with Gasteiger partial charge < -0.3 is 15.0 Å². The van der Waals surface area contributed by atoms with Crippen LogP contribution in [0.1, 0.15) is 36.1 Å². The van der Waals surface area contributed by atoms with E-state index < -0.39 is 5.60 Å². The molecule has 1 fully saturated rings. The monoisotopic (exact) mass is 357 g/mol. The van der Waals surface area contributed by atoms with Gasteiger partial charge in [0.1, 0.15) is 0 Å². The van der Waals surface area contributed by atoms with Crippen LogP contribution in [0.4, 0.5) is 0 Å². The standard InChI is InChI=1S/C21H31N3O2/c1-15-10-16(2)20-18(11-15)19(25)12-17(22-20)13-24-8-5-6-21(26,7-9-24)14-23(3)4/h10-12,26H,5-9,13-14H2,1-4H3,(H,22,25)/t21-/m1/s1. The Morgan fingerprint density at radius 1 is 1.19 bits per heavy atom. The van der Waals surface area contributed by atoms with Crippen LogP contribution < -0.4 is 5.43 Å². The zero-order valence-corrected chi connectivity index (χ0v) is 16.4. The van der Waals surface area contributed by atoms with Crippen LogP contribution in [0.15, 0.2) is 23.0 Å². The number of H-pyrrole nitrogens is 1. The Morgan fingerprint density at radius 2 is 1.96 bits per heavy atom. The van der Waals surface area contributed by atoms with Crippen molar-refractivity contribution in [2.75, 3.05) is 33.7 Å². The largest absolute Gasteiger partial charge is 0.389 e. The van der Waals surface area contributed by atoms with Crippen LogP contribution in [0, 0.1) is 13.8 Å². The number of aromatic nitrogens is 1. The van der Waals surface area contributed by atoms with Crippen LogP contribution in [0.2, 0.25) is 0 Å². The second kappa shape index (κ2) is 7.51. The predicted molar refractivity (Wildman–Crippen MR) is 107 cm³/mol. The van der Waals surface area contributed by atoms with Crippen molar-refractivity contribution in [1.82, 2.24) is 14.8 Å². The van der Waals surface area contributed by atoms with E-state index in [2.05, 4.69) is 20.9 Å². The van der Waals surface area contributed by atoms with Gasteiger partial charge in [-0.1, -0.05) is 6.07 Å². The molecule has 5 nitrogen and oxygen atoms in total. The zero-order valence-electron chi connectivity index (χ0n) is 16.4. The lowest BCUT2D eigenvalue weighted by atomic mass is 9.94. The summed E-state index contributed by atoms with van der Waals surface area (Å²) in [4.78, 5) is 20.4. The summed E-state index contributed by atoms with van der Waals surface area (Å²) < 4.78 is 0. The van der Waals surface area contributed by atoms with Gasteiger partial charge in [-0.25, -0.2) is 0 Å². The van der Waals surface area contributed by atoms with E-state index in [4.69, 9.17) is 0 Å². The molecule has 5 heteroatoms. The quantitative estimate of drug-likeness (QED) is 0.882. The third-order valence-electron chi connectivity index (χ3n) is 5.35. The molecule has 3 rings (SSSR count). The van der Waals surface area contributed by atoms with Crippen molar-refractivity contribution in [3.8, 4) is 0 Å². The number of aromatic amines is 1. The molecule has 1 aliphatic heterocycles. The molecule has 2 N–H and O–H groups in total. The molecule has 1 aromatic heterocycles. The van der Waals surface area contributed by atoms with E-state index in [1.807, 2.05) is 34.0 Å². The Hall–Kier alpha value is -1.69. The van der Waals surface area contributed by atoms with Gasteiger partial charge in [-0.05, 0) is 70.9 Å². The number of fused-ring (bicyclic) bond motifs is 1. The first-order valence-electron chi connectivity index (χ1n) is 9.48. The molecule has 0 aliphatic carbocycles. The number of hydrogen-bond donors (Lipinski definition) is 2. The van der Waals surface area contributed by atoms with E-state index in [9.17, 15) is 9.90 Å². The lowest BCUT2D eigenvalue weighted by Crippen LogP contribution is -2.40. The van der Waals surface area contributed by atoms with Gasteiger partial charge in [0.25, 0.3) is 0 Å². The zero-order chi connectivity index (χ0) is 18.9. The average molecular weight is 357 g/mol. The van der Waals surface area contributed by atoms with Gasteiger partial charge in [-0.3, -0.25) is 9.69 Å². The van der Waals surface area contributed by atoms with E-state index >= 15 is 0 Å². The molecule has 26 heavy (non-hydrogen) atoms. The molecule has 1 atom stereocenters. The molecule has 0 unspecified atom stereocenters. The third-order valence-corrected chi connectivity index (χ3v) is 5.35. The summed E-state index contributed by atoms with van der Waals surface area (Å²) in [5.74, 6) is 0. The highest BCUT2D eigenvalue weighted by molar-refractivity contribution is 5.82. The Labute approximate surface area is 155 Å². The summed E-state index contributed by atoms with van der Waals surface area (Å²) >= 11 is 0. The number of likely N-dealkylation sites (tertiary alicyclic amines) is 1. The highest BCUT2D eigenvalue weighted by Gasteiger charge is 2.30. The molecule has 1 aromatic carbocycles. The predicted octanol–water partition coefficient (Wildman–Crippen LogP) is 2.42. The second-order valence-electron chi connectivity index (χ2n) is 8.26. The number of likely N-dealkylation sites (N-methyl/N-ethyl adjacent to an activating group) is 1. The number of pyridine rings is 1. The van der Waals surface area contributed by atoms with Gasteiger partial charge in [-0.2, -0.15) is 0 Å². The minimum atomic E-state index is -0.608. The van der Waals surface area contributed by atoms with Crippen molar-refractivity contribution < 1.29 is 5.11 Å². The van der Waals surface area contributed by atoms with E-state index in [0.717, 1.165) is 66.6 Å². The van der Waals surface area contributed by atoms with Crippen LogP contribution >= 0.6 is 0 Å². The van der Waals surface area contributed by atoms with Crippen LogP contribution in [0.25, 0.3) is 10.9 Å². The molecular formula is C21H31N3O2. The molecule has 2 heterocycles. The summed E-state index contributed by atoms with van der Waals surface area (Å²) in [5, 5.41) is 11.6. The molecule has 0 spiro atoms. The van der Waals surface area contributed by atoms with Crippen LogP contribution in [-0.2, 0) is 6.54 Å². The fraction of sp³-hybridized carbons (Fsp3) is 0.571. The molecule has 142 valence electrons. The molecular weight excluding hydrogens is 326 g/mol. The first-order chi connectivity index (χ1) is 12.3. The highest BCUT2D eigenvalue weighted by atomic mass is 16.3. The van der Waals surface area contributed by atoms with Gasteiger partial charge in [0.05, 0.1) is 11.1 Å². The van der Waals surface area contributed by atoms with E-state index in [0.29, 0.717) is 6.54 Å². The fourth-order valence-corrected chi connectivity index (χ4v) is 4.23. The molecule has 1 saturated heterocycles. The third kappa shape index (κ3) is 4.34. The number of benzene rings is 1. The van der Waals surface area contributed by atoms with E-state index in [-0.39, 0.29) is 5.43 Å². The lowest BCUT2D eigenvalue weighted by Gasteiger charge is -2.30. The molecule has 0 saturated carbocycles. The number of nitrogens with zero attached hydrogens (tertiary/aromatic N) is 2. The molecule has 2 aromatic rings. The van der Waals surface area contributed by atoms with E-state index in [1.54, 1.807) is 6.07 Å². The minimum absolute atomic E-state index is 0.0829. The summed E-state index contributed by atoms with van der Waals surface area (Å²) in [6.07, 6.45) is 2.57. The van der Waals surface area contributed by atoms with Crippen molar-refractivity contribution in [2.45, 2.75) is 45.3 Å². The molecule has 1 aliphatic rings. The summed E-state index contributed by atoms with van der Waals surface area (Å²) in [7, 11) is 4.01. The van der Waals surface area contributed by atoms with Crippen molar-refractivity contribution in [1.29, 1.82) is 0 Å².